The van der Waals surface area contributed by atoms with Gasteiger partial charge in [0.2, 0.25) is 0 Å². The van der Waals surface area contributed by atoms with Gasteiger partial charge in [-0.25, -0.2) is 9.78 Å². The van der Waals surface area contributed by atoms with Crippen molar-refractivity contribution in [3.63, 3.8) is 0 Å². The molecule has 2 atom stereocenters. The van der Waals surface area contributed by atoms with E-state index in [4.69, 9.17) is 4.74 Å². The highest BCUT2D eigenvalue weighted by molar-refractivity contribution is 5.89. The Labute approximate surface area is 165 Å². The van der Waals surface area contributed by atoms with Crippen molar-refractivity contribution in [2.45, 2.75) is 32.1 Å². The van der Waals surface area contributed by atoms with Gasteiger partial charge in [0.15, 0.2) is 6.61 Å². The molecule has 1 aliphatic carbocycles. The zero-order valence-electron chi connectivity index (χ0n) is 16.0. The van der Waals surface area contributed by atoms with E-state index >= 15 is 0 Å². The van der Waals surface area contributed by atoms with Gasteiger partial charge in [0, 0.05) is 24.6 Å². The Morgan fingerprint density at radius 3 is 2.79 bits per heavy atom. The quantitative estimate of drug-likeness (QED) is 0.599. The van der Waals surface area contributed by atoms with Gasteiger partial charge in [-0.1, -0.05) is 43.5 Å². The minimum absolute atomic E-state index is 0.0883. The number of pyridine rings is 1. The number of hydrogen-bond acceptors (Lipinski definition) is 4. The van der Waals surface area contributed by atoms with Crippen LogP contribution in [0.2, 0.25) is 0 Å². The van der Waals surface area contributed by atoms with Crippen molar-refractivity contribution in [2.24, 2.45) is 11.8 Å². The monoisotopic (exact) mass is 378 g/mol. The summed E-state index contributed by atoms with van der Waals surface area (Å²) in [7, 11) is 0. The maximum atomic E-state index is 12.4. The molecule has 5 nitrogen and oxygen atoms in total. The number of hydrogen-bond donors (Lipinski definition) is 0. The highest BCUT2D eigenvalue weighted by Gasteiger charge is 2.32. The van der Waals surface area contributed by atoms with Crippen molar-refractivity contribution in [2.75, 3.05) is 19.7 Å². The maximum Gasteiger partial charge on any atom is 0.331 e. The number of carbonyl (C=O) groups is 2. The zero-order valence-corrected chi connectivity index (χ0v) is 16.0. The molecule has 0 N–H and O–H groups in total. The van der Waals surface area contributed by atoms with E-state index < -0.39 is 5.97 Å². The lowest BCUT2D eigenvalue weighted by Crippen LogP contribution is -2.46. The summed E-state index contributed by atoms with van der Waals surface area (Å²) in [5.74, 6) is 0.796. The molecule has 4 rings (SSSR count). The Morgan fingerprint density at radius 1 is 1.07 bits per heavy atom. The SMILES string of the molecule is O=C(/C=C/c1ccc2ccccc2n1)OCC(=O)N1CC[C@H]2CCCC[C@H]2C1. The number of piperidine rings is 1. The van der Waals surface area contributed by atoms with Crippen molar-refractivity contribution < 1.29 is 14.3 Å². The van der Waals surface area contributed by atoms with Crippen LogP contribution in [0.3, 0.4) is 0 Å². The van der Waals surface area contributed by atoms with Crippen LogP contribution in [0.1, 0.15) is 37.8 Å². The number of nitrogens with zero attached hydrogens (tertiary/aromatic N) is 2. The highest BCUT2D eigenvalue weighted by Crippen LogP contribution is 2.36. The summed E-state index contributed by atoms with van der Waals surface area (Å²) in [6.45, 7) is 1.41. The molecule has 1 aromatic carbocycles. The Balaban J connectivity index is 1.27. The molecule has 146 valence electrons. The lowest BCUT2D eigenvalue weighted by molar-refractivity contribution is -0.149. The highest BCUT2D eigenvalue weighted by atomic mass is 16.5. The standard InChI is InChI=1S/C23H26N2O3/c26-22(25-14-13-17-5-1-2-7-19(17)15-25)16-28-23(27)12-11-20-10-9-18-6-3-4-8-21(18)24-20/h3-4,6,8-12,17,19H,1-2,5,7,13-16H2/b12-11+/t17-,19+/m1/s1. The van der Waals surface area contributed by atoms with Crippen molar-refractivity contribution in [3.05, 3.63) is 48.2 Å². The van der Waals surface area contributed by atoms with E-state index in [1.807, 2.05) is 41.3 Å². The Bertz CT molecular complexity index is 892. The van der Waals surface area contributed by atoms with Gasteiger partial charge in [-0.2, -0.15) is 0 Å². The molecule has 2 heterocycles. The van der Waals surface area contributed by atoms with E-state index in [9.17, 15) is 9.59 Å². The van der Waals surface area contributed by atoms with Crippen molar-refractivity contribution >= 4 is 28.9 Å². The lowest BCUT2D eigenvalue weighted by atomic mass is 9.75. The third-order valence-corrected chi connectivity index (χ3v) is 5.99. The Hall–Kier alpha value is -2.69. The summed E-state index contributed by atoms with van der Waals surface area (Å²) in [5.41, 5.74) is 1.56. The minimum Gasteiger partial charge on any atom is -0.452 e. The molecule has 0 radical (unpaired) electrons. The van der Waals surface area contributed by atoms with Crippen LogP contribution in [0, 0.1) is 11.8 Å². The summed E-state index contributed by atoms with van der Waals surface area (Å²) >= 11 is 0. The molecular weight excluding hydrogens is 352 g/mol. The van der Waals surface area contributed by atoms with E-state index in [0.29, 0.717) is 11.6 Å². The Morgan fingerprint density at radius 2 is 1.89 bits per heavy atom. The van der Waals surface area contributed by atoms with E-state index in [0.717, 1.165) is 36.3 Å². The van der Waals surface area contributed by atoms with E-state index in [1.54, 1.807) is 6.08 Å². The second-order valence-electron chi connectivity index (χ2n) is 7.80. The molecule has 1 aliphatic heterocycles. The topological polar surface area (TPSA) is 59.5 Å². The van der Waals surface area contributed by atoms with Gasteiger partial charge in [0.05, 0.1) is 11.2 Å². The lowest BCUT2D eigenvalue weighted by Gasteiger charge is -2.41. The number of rotatable bonds is 4. The van der Waals surface area contributed by atoms with Gasteiger partial charge in [0.25, 0.3) is 5.91 Å². The number of esters is 1. The number of benzene rings is 1. The normalized spacial score (nSPS) is 22.2. The van der Waals surface area contributed by atoms with Crippen LogP contribution in [0.4, 0.5) is 0 Å². The second kappa shape index (κ2) is 8.55. The summed E-state index contributed by atoms with van der Waals surface area (Å²) in [4.78, 5) is 30.8. The molecule has 0 unspecified atom stereocenters. The number of aromatic nitrogens is 1. The first kappa shape index (κ1) is 18.7. The molecular formula is C23H26N2O3. The molecule has 0 spiro atoms. The van der Waals surface area contributed by atoms with Crippen LogP contribution < -0.4 is 0 Å². The van der Waals surface area contributed by atoms with Gasteiger partial charge >= 0.3 is 5.97 Å². The number of para-hydroxylation sites is 1. The average molecular weight is 378 g/mol. The predicted octanol–water partition coefficient (Wildman–Crippen LogP) is 3.83. The fourth-order valence-corrected chi connectivity index (χ4v) is 4.43. The molecule has 2 fully saturated rings. The number of ether oxygens (including phenoxy) is 1. The van der Waals surface area contributed by atoms with Gasteiger partial charge in [-0.3, -0.25) is 4.79 Å². The average Bonchev–Trinajstić information content (AvgIpc) is 2.75. The second-order valence-corrected chi connectivity index (χ2v) is 7.80. The first-order valence-corrected chi connectivity index (χ1v) is 10.2. The van der Waals surface area contributed by atoms with Gasteiger partial charge in [-0.15, -0.1) is 0 Å². The van der Waals surface area contributed by atoms with Crippen LogP contribution in [0.25, 0.3) is 17.0 Å². The van der Waals surface area contributed by atoms with E-state index in [-0.39, 0.29) is 12.5 Å². The molecule has 1 aromatic heterocycles. The van der Waals surface area contributed by atoms with Crippen LogP contribution >= 0.6 is 0 Å². The molecule has 5 heteroatoms. The molecule has 1 saturated heterocycles. The van der Waals surface area contributed by atoms with Crippen molar-refractivity contribution in [1.82, 2.24) is 9.88 Å². The number of likely N-dealkylation sites (tertiary alicyclic amines) is 1. The molecule has 2 aliphatic rings. The third-order valence-electron chi connectivity index (χ3n) is 5.99. The van der Waals surface area contributed by atoms with Crippen molar-refractivity contribution in [1.29, 1.82) is 0 Å². The predicted molar refractivity (Wildman–Crippen MR) is 108 cm³/mol. The van der Waals surface area contributed by atoms with Gasteiger partial charge in [0.1, 0.15) is 0 Å². The molecule has 2 aromatic rings. The molecule has 1 amide bonds. The summed E-state index contributed by atoms with van der Waals surface area (Å²) < 4.78 is 5.16. The molecule has 0 bridgehead atoms. The Kier molecular flexibility index (Phi) is 5.70. The van der Waals surface area contributed by atoms with Crippen LogP contribution in [-0.2, 0) is 14.3 Å². The fraction of sp³-hybridized carbons (Fsp3) is 0.435. The maximum absolute atomic E-state index is 12.4. The minimum atomic E-state index is -0.518. The third kappa shape index (κ3) is 4.41. The van der Waals surface area contributed by atoms with Gasteiger partial charge in [-0.05, 0) is 42.9 Å². The fourth-order valence-electron chi connectivity index (χ4n) is 4.43. The first-order valence-electron chi connectivity index (χ1n) is 10.2. The summed E-state index contributed by atoms with van der Waals surface area (Å²) in [5, 5.41) is 1.05. The smallest absolute Gasteiger partial charge is 0.331 e. The summed E-state index contributed by atoms with van der Waals surface area (Å²) in [6.07, 6.45) is 9.14. The van der Waals surface area contributed by atoms with E-state index in [1.165, 1.54) is 31.8 Å². The van der Waals surface area contributed by atoms with Crippen LogP contribution in [0.5, 0.6) is 0 Å². The van der Waals surface area contributed by atoms with Crippen LogP contribution in [-0.4, -0.2) is 41.5 Å². The van der Waals surface area contributed by atoms with E-state index in [2.05, 4.69) is 4.98 Å². The van der Waals surface area contributed by atoms with Crippen LogP contribution in [0.15, 0.2) is 42.5 Å². The number of fused-ring (bicyclic) bond motifs is 2. The van der Waals surface area contributed by atoms with Gasteiger partial charge < -0.3 is 9.64 Å². The number of amides is 1. The molecule has 28 heavy (non-hydrogen) atoms. The first-order chi connectivity index (χ1) is 13.7. The van der Waals surface area contributed by atoms with Crippen molar-refractivity contribution in [3.8, 4) is 0 Å². The summed E-state index contributed by atoms with van der Waals surface area (Å²) in [6, 6.07) is 11.6. The molecule has 1 saturated carbocycles. The zero-order chi connectivity index (χ0) is 19.3. The number of carbonyl (C=O) groups excluding carboxylic acids is 2. The largest absolute Gasteiger partial charge is 0.452 e.